The van der Waals surface area contributed by atoms with Gasteiger partial charge in [-0.1, -0.05) is 0 Å². The average molecular weight is 175 g/mol. The molecule has 0 saturated carbocycles. The van der Waals surface area contributed by atoms with E-state index < -0.39 is 0 Å². The average Bonchev–Trinajstić information content (AvgIpc) is 2.09. The molecule has 2 radical (unpaired) electrons. The smallest absolute Gasteiger partial charge is 0.161 e. The molecule has 0 bridgehead atoms. The first kappa shape index (κ1) is 9.64. The molecule has 1 aromatic rings. The molecule has 0 heterocycles. The zero-order valence-electron chi connectivity index (χ0n) is 7.63. The number of Topliss-reactive ketones (excluding diaryl/α,β-unsaturated/α-hetero) is 1. The number of anilines is 1. The summed E-state index contributed by atoms with van der Waals surface area (Å²) in [6.07, 6.45) is 0. The Kier molecular flexibility index (Phi) is 2.61. The molecule has 0 spiro atoms. The summed E-state index contributed by atoms with van der Waals surface area (Å²) in [5.41, 5.74) is 6.66. The van der Waals surface area contributed by atoms with E-state index in [1.54, 1.807) is 12.1 Å². The van der Waals surface area contributed by atoms with E-state index in [4.69, 9.17) is 18.3 Å². The van der Waals surface area contributed by atoms with E-state index >= 15 is 0 Å². The predicted octanol–water partition coefficient (Wildman–Crippen LogP) is 0.274. The van der Waals surface area contributed by atoms with E-state index in [-0.39, 0.29) is 11.5 Å². The topological polar surface area (TPSA) is 52.3 Å². The monoisotopic (exact) mass is 175 g/mol. The van der Waals surface area contributed by atoms with Crippen LogP contribution >= 0.6 is 0 Å². The van der Waals surface area contributed by atoms with Crippen molar-refractivity contribution in [1.82, 2.24) is 0 Å². The van der Waals surface area contributed by atoms with Gasteiger partial charge < -0.3 is 10.5 Å². The molecule has 0 aromatic heterocycles. The lowest BCUT2D eigenvalue weighted by Crippen LogP contribution is -2.16. The van der Waals surface area contributed by atoms with E-state index in [2.05, 4.69) is 0 Å². The lowest BCUT2D eigenvalue weighted by Gasteiger charge is -2.10. The highest BCUT2D eigenvalue weighted by atomic mass is 16.5. The van der Waals surface area contributed by atoms with Crippen LogP contribution in [0.25, 0.3) is 0 Å². The van der Waals surface area contributed by atoms with Crippen LogP contribution in [0.5, 0.6) is 5.75 Å². The van der Waals surface area contributed by atoms with E-state index in [9.17, 15) is 4.79 Å². The van der Waals surface area contributed by atoms with Gasteiger partial charge in [0, 0.05) is 11.3 Å². The molecule has 0 aliphatic carbocycles. The summed E-state index contributed by atoms with van der Waals surface area (Å²) in [7, 11) is 7.13. The van der Waals surface area contributed by atoms with Crippen molar-refractivity contribution < 1.29 is 9.53 Å². The van der Waals surface area contributed by atoms with Crippen molar-refractivity contribution in [3.05, 3.63) is 17.7 Å². The van der Waals surface area contributed by atoms with Gasteiger partial charge in [-0.2, -0.15) is 0 Å². The molecule has 0 unspecified atom stereocenters. The van der Waals surface area contributed by atoms with Gasteiger partial charge in [0.25, 0.3) is 0 Å². The van der Waals surface area contributed by atoms with Crippen molar-refractivity contribution >= 4 is 24.8 Å². The third kappa shape index (κ3) is 1.66. The molecular weight excluding hydrogens is 165 g/mol. The highest BCUT2D eigenvalue weighted by Crippen LogP contribution is 2.16. The Morgan fingerprint density at radius 3 is 2.62 bits per heavy atom. The van der Waals surface area contributed by atoms with Crippen LogP contribution in [0, 0.1) is 0 Å². The highest BCUT2D eigenvalue weighted by molar-refractivity contribution is 6.38. The van der Waals surface area contributed by atoms with Crippen molar-refractivity contribution in [1.29, 1.82) is 0 Å². The zero-order chi connectivity index (χ0) is 10.0. The Morgan fingerprint density at radius 2 is 2.15 bits per heavy atom. The summed E-state index contributed by atoms with van der Waals surface area (Å²) < 4.78 is 4.94. The number of nitrogen functional groups attached to an aromatic ring is 1. The van der Waals surface area contributed by atoms with Crippen LogP contribution in [0.3, 0.4) is 0 Å². The van der Waals surface area contributed by atoms with Gasteiger partial charge in [-0.3, -0.25) is 4.79 Å². The largest absolute Gasteiger partial charge is 0.497 e. The molecule has 0 saturated heterocycles. The van der Waals surface area contributed by atoms with Gasteiger partial charge in [0.05, 0.1) is 7.11 Å². The highest BCUT2D eigenvalue weighted by Gasteiger charge is 2.09. The Labute approximate surface area is 78.3 Å². The lowest BCUT2D eigenvalue weighted by molar-refractivity contribution is 0.101. The maximum Gasteiger partial charge on any atom is 0.161 e. The Hall–Kier alpha value is -1.45. The fourth-order valence-electron chi connectivity index (χ4n) is 1.10. The molecule has 66 valence electrons. The van der Waals surface area contributed by atoms with Crippen molar-refractivity contribution in [3.63, 3.8) is 0 Å². The Bertz CT molecular complexity index is 350. The molecule has 2 N–H and O–H groups in total. The van der Waals surface area contributed by atoms with Crippen molar-refractivity contribution in [2.45, 2.75) is 6.92 Å². The number of hydrogen-bond donors (Lipinski definition) is 1. The van der Waals surface area contributed by atoms with Gasteiger partial charge in [-0.05, 0) is 24.5 Å². The lowest BCUT2D eigenvalue weighted by atomic mass is 9.89. The third-order valence-corrected chi connectivity index (χ3v) is 1.85. The quantitative estimate of drug-likeness (QED) is 0.398. The van der Waals surface area contributed by atoms with Crippen molar-refractivity contribution in [3.8, 4) is 5.75 Å². The number of nitrogens with two attached hydrogens (primary N) is 1. The normalized spacial score (nSPS) is 9.69. The summed E-state index contributed by atoms with van der Waals surface area (Å²) in [5.74, 6) is 0.384. The number of carbonyl (C=O) groups excluding carboxylic acids is 1. The molecule has 0 amide bonds. The Morgan fingerprint density at radius 1 is 1.54 bits per heavy atom. The van der Waals surface area contributed by atoms with E-state index in [1.807, 2.05) is 0 Å². The van der Waals surface area contributed by atoms with Crippen molar-refractivity contribution in [2.24, 2.45) is 0 Å². The molecule has 3 nitrogen and oxygen atoms in total. The SMILES string of the molecule is [B]c1c(OC)ccc(C(C)=O)c1N. The molecule has 0 aliphatic heterocycles. The van der Waals surface area contributed by atoms with E-state index in [1.165, 1.54) is 14.0 Å². The van der Waals surface area contributed by atoms with Crippen molar-refractivity contribution in [2.75, 3.05) is 12.8 Å². The first-order valence-corrected chi connectivity index (χ1v) is 3.80. The summed E-state index contributed by atoms with van der Waals surface area (Å²) in [6, 6.07) is 3.23. The van der Waals surface area contributed by atoms with Gasteiger partial charge in [0.2, 0.25) is 0 Å². The van der Waals surface area contributed by atoms with Crippen LogP contribution in [-0.4, -0.2) is 20.7 Å². The number of rotatable bonds is 2. The number of hydrogen-bond acceptors (Lipinski definition) is 3. The summed E-state index contributed by atoms with van der Waals surface area (Å²) in [4.78, 5) is 11.0. The molecule has 13 heavy (non-hydrogen) atoms. The fourth-order valence-corrected chi connectivity index (χ4v) is 1.10. The van der Waals surface area contributed by atoms with Gasteiger partial charge in [0.1, 0.15) is 13.6 Å². The zero-order valence-corrected chi connectivity index (χ0v) is 7.63. The van der Waals surface area contributed by atoms with Gasteiger partial charge in [-0.15, -0.1) is 0 Å². The first-order chi connectivity index (χ1) is 6.07. The van der Waals surface area contributed by atoms with Crippen LogP contribution in [0.4, 0.5) is 5.69 Å². The molecule has 0 fully saturated rings. The molecule has 1 rings (SSSR count). The second kappa shape index (κ2) is 3.52. The molecular formula is C9H10BNO2. The first-order valence-electron chi connectivity index (χ1n) is 3.80. The van der Waals surface area contributed by atoms with Crippen LogP contribution in [0.15, 0.2) is 12.1 Å². The maximum absolute atomic E-state index is 11.0. The second-order valence-corrected chi connectivity index (χ2v) is 2.70. The molecule has 0 aliphatic rings. The minimum Gasteiger partial charge on any atom is -0.497 e. The van der Waals surface area contributed by atoms with E-state index in [0.717, 1.165) is 0 Å². The summed E-state index contributed by atoms with van der Waals surface area (Å²) >= 11 is 0. The standard InChI is InChI=1S/C9H10BNO2/c1-5(12)6-3-4-7(13-2)8(10)9(6)11/h3-4H,11H2,1-2H3. The minimum absolute atomic E-state index is 0.105. The third-order valence-electron chi connectivity index (χ3n) is 1.85. The van der Waals surface area contributed by atoms with Crippen LogP contribution in [-0.2, 0) is 0 Å². The fraction of sp³-hybridized carbons (Fsp3) is 0.222. The van der Waals surface area contributed by atoms with Crippen LogP contribution < -0.4 is 15.9 Å². The predicted molar refractivity (Wildman–Crippen MR) is 52.8 cm³/mol. The van der Waals surface area contributed by atoms with E-state index in [0.29, 0.717) is 16.8 Å². The van der Waals surface area contributed by atoms with Crippen LogP contribution in [0.1, 0.15) is 17.3 Å². The molecule has 0 atom stereocenters. The maximum atomic E-state index is 11.0. The number of benzene rings is 1. The molecule has 4 heteroatoms. The minimum atomic E-state index is -0.105. The van der Waals surface area contributed by atoms with Gasteiger partial charge in [-0.25, -0.2) is 0 Å². The number of carbonyl (C=O) groups is 1. The summed E-state index contributed by atoms with van der Waals surface area (Å²) in [6.45, 7) is 1.44. The number of methoxy groups -OCH3 is 1. The molecule has 1 aromatic carbocycles. The second-order valence-electron chi connectivity index (χ2n) is 2.70. The number of ketones is 1. The summed E-state index contributed by atoms with van der Waals surface area (Å²) in [5, 5.41) is 0. The van der Waals surface area contributed by atoms with Gasteiger partial charge >= 0.3 is 0 Å². The Balaban J connectivity index is 3.31. The number of ether oxygens (including phenoxy) is 1. The van der Waals surface area contributed by atoms with Gasteiger partial charge in [0.15, 0.2) is 5.78 Å². The van der Waals surface area contributed by atoms with Crippen LogP contribution in [0.2, 0.25) is 0 Å².